The Labute approximate surface area is 150 Å². The standard InChI is InChI=1S/C17H20N4O5/c1-3-26-17(23)20-15-9-13(14(10-18-15)21(24)25)19-11(2)16(22)12-7-5-4-6-8-12/h4-11,16,22H,3H2,1-2H3,(H2,18,19,20,23)/t11-,16-/m0/s1. The fourth-order valence-electron chi connectivity index (χ4n) is 2.31. The Morgan fingerprint density at radius 3 is 2.69 bits per heavy atom. The molecule has 1 amide bonds. The monoisotopic (exact) mass is 360 g/mol. The van der Waals surface area contributed by atoms with Gasteiger partial charge in [0.05, 0.1) is 23.7 Å². The minimum absolute atomic E-state index is 0.0953. The predicted octanol–water partition coefficient (Wildman–Crippen LogP) is 3.09. The van der Waals surface area contributed by atoms with Crippen LogP contribution in [0.5, 0.6) is 0 Å². The Bertz CT molecular complexity index is 769. The molecule has 0 fully saturated rings. The predicted molar refractivity (Wildman–Crippen MR) is 96.0 cm³/mol. The van der Waals surface area contributed by atoms with E-state index in [4.69, 9.17) is 4.74 Å². The Morgan fingerprint density at radius 1 is 1.38 bits per heavy atom. The zero-order valence-electron chi connectivity index (χ0n) is 14.4. The van der Waals surface area contributed by atoms with Gasteiger partial charge in [-0.2, -0.15) is 0 Å². The number of hydrogen-bond acceptors (Lipinski definition) is 7. The first-order chi connectivity index (χ1) is 12.4. The number of aliphatic hydroxyl groups is 1. The van der Waals surface area contributed by atoms with Gasteiger partial charge in [0.15, 0.2) is 0 Å². The number of nitrogens with zero attached hydrogens (tertiary/aromatic N) is 2. The van der Waals surface area contributed by atoms with Gasteiger partial charge in [0.25, 0.3) is 0 Å². The van der Waals surface area contributed by atoms with Crippen molar-refractivity contribution in [1.29, 1.82) is 0 Å². The molecular formula is C17H20N4O5. The number of pyridine rings is 1. The Balaban J connectivity index is 2.22. The van der Waals surface area contributed by atoms with Crippen molar-refractivity contribution >= 4 is 23.3 Å². The number of carbonyl (C=O) groups excluding carboxylic acids is 1. The molecule has 0 bridgehead atoms. The van der Waals surface area contributed by atoms with E-state index in [0.717, 1.165) is 6.20 Å². The molecule has 2 rings (SSSR count). The second-order valence-electron chi connectivity index (χ2n) is 5.48. The van der Waals surface area contributed by atoms with Crippen LogP contribution in [0.25, 0.3) is 0 Å². The van der Waals surface area contributed by atoms with Crippen molar-refractivity contribution in [1.82, 2.24) is 4.98 Å². The summed E-state index contributed by atoms with van der Waals surface area (Å²) >= 11 is 0. The lowest BCUT2D eigenvalue weighted by Crippen LogP contribution is -2.24. The van der Waals surface area contributed by atoms with Gasteiger partial charge in [-0.05, 0) is 19.4 Å². The molecule has 0 aliphatic carbocycles. The van der Waals surface area contributed by atoms with Gasteiger partial charge in [-0.1, -0.05) is 30.3 Å². The molecule has 1 aromatic carbocycles. The third-order valence-electron chi connectivity index (χ3n) is 3.58. The van der Waals surface area contributed by atoms with E-state index in [2.05, 4.69) is 15.6 Å². The van der Waals surface area contributed by atoms with E-state index in [9.17, 15) is 20.0 Å². The summed E-state index contributed by atoms with van der Waals surface area (Å²) in [5.41, 5.74) is 0.528. The molecule has 9 nitrogen and oxygen atoms in total. The minimum atomic E-state index is -0.884. The molecule has 0 aliphatic heterocycles. The summed E-state index contributed by atoms with van der Waals surface area (Å²) in [7, 11) is 0. The molecule has 0 saturated carbocycles. The van der Waals surface area contributed by atoms with Gasteiger partial charge >= 0.3 is 11.8 Å². The average Bonchev–Trinajstić information content (AvgIpc) is 2.62. The number of anilines is 2. The number of aliphatic hydroxyl groups excluding tert-OH is 1. The third kappa shape index (κ3) is 4.90. The van der Waals surface area contributed by atoms with Crippen LogP contribution in [0, 0.1) is 10.1 Å². The minimum Gasteiger partial charge on any atom is -0.450 e. The molecule has 0 saturated heterocycles. The van der Waals surface area contributed by atoms with E-state index in [1.54, 1.807) is 38.1 Å². The molecule has 0 aliphatic rings. The first kappa shape index (κ1) is 19.1. The summed E-state index contributed by atoms with van der Waals surface area (Å²) in [4.78, 5) is 26.0. The largest absolute Gasteiger partial charge is 0.450 e. The van der Waals surface area contributed by atoms with Crippen LogP contribution in [0.4, 0.5) is 22.0 Å². The summed E-state index contributed by atoms with van der Waals surface area (Å²) in [6.07, 6.45) is -0.562. The van der Waals surface area contributed by atoms with Gasteiger partial charge in [0.2, 0.25) is 0 Å². The Hall–Kier alpha value is -3.20. The van der Waals surface area contributed by atoms with Crippen molar-refractivity contribution in [2.75, 3.05) is 17.2 Å². The average molecular weight is 360 g/mol. The maximum absolute atomic E-state index is 11.5. The van der Waals surface area contributed by atoms with E-state index in [-0.39, 0.29) is 23.8 Å². The first-order valence-electron chi connectivity index (χ1n) is 8.00. The van der Waals surface area contributed by atoms with Gasteiger partial charge in [0.1, 0.15) is 17.7 Å². The van der Waals surface area contributed by atoms with Crippen molar-refractivity contribution in [3.05, 3.63) is 58.3 Å². The number of hydrogen-bond donors (Lipinski definition) is 3. The quantitative estimate of drug-likeness (QED) is 0.511. The number of carbonyl (C=O) groups is 1. The lowest BCUT2D eigenvalue weighted by Gasteiger charge is -2.21. The fraction of sp³-hybridized carbons (Fsp3) is 0.294. The highest BCUT2D eigenvalue weighted by molar-refractivity contribution is 5.84. The van der Waals surface area contributed by atoms with Crippen molar-refractivity contribution in [3.63, 3.8) is 0 Å². The van der Waals surface area contributed by atoms with Gasteiger partial charge in [-0.3, -0.25) is 15.4 Å². The van der Waals surface area contributed by atoms with E-state index >= 15 is 0 Å². The van der Waals surface area contributed by atoms with Crippen LogP contribution >= 0.6 is 0 Å². The molecule has 9 heteroatoms. The number of amides is 1. The molecule has 26 heavy (non-hydrogen) atoms. The molecule has 0 spiro atoms. The smallest absolute Gasteiger partial charge is 0.412 e. The molecule has 2 aromatic rings. The molecule has 1 aromatic heterocycles. The van der Waals surface area contributed by atoms with Gasteiger partial charge in [-0.25, -0.2) is 9.78 Å². The Morgan fingerprint density at radius 2 is 2.08 bits per heavy atom. The molecule has 0 radical (unpaired) electrons. The van der Waals surface area contributed by atoms with Gasteiger partial charge in [-0.15, -0.1) is 0 Å². The molecular weight excluding hydrogens is 340 g/mol. The summed E-state index contributed by atoms with van der Waals surface area (Å²) in [5, 5.41) is 27.0. The highest BCUT2D eigenvalue weighted by Gasteiger charge is 2.22. The lowest BCUT2D eigenvalue weighted by atomic mass is 10.0. The molecule has 0 unspecified atom stereocenters. The van der Waals surface area contributed by atoms with Crippen LogP contribution in [-0.2, 0) is 4.74 Å². The normalized spacial score (nSPS) is 12.7. The topological polar surface area (TPSA) is 127 Å². The fourth-order valence-corrected chi connectivity index (χ4v) is 2.31. The van der Waals surface area contributed by atoms with E-state index in [0.29, 0.717) is 5.56 Å². The van der Waals surface area contributed by atoms with Crippen LogP contribution in [0.2, 0.25) is 0 Å². The van der Waals surface area contributed by atoms with E-state index in [1.165, 1.54) is 6.07 Å². The summed E-state index contributed by atoms with van der Waals surface area (Å²) in [6.45, 7) is 3.53. The van der Waals surface area contributed by atoms with Crippen LogP contribution in [-0.4, -0.2) is 33.8 Å². The van der Waals surface area contributed by atoms with Crippen LogP contribution in [0.15, 0.2) is 42.6 Å². The number of nitro groups is 1. The highest BCUT2D eigenvalue weighted by atomic mass is 16.6. The molecule has 2 atom stereocenters. The van der Waals surface area contributed by atoms with Gasteiger partial charge in [0, 0.05) is 6.07 Å². The van der Waals surface area contributed by atoms with Crippen molar-refractivity contribution in [2.24, 2.45) is 0 Å². The number of ether oxygens (including phenoxy) is 1. The van der Waals surface area contributed by atoms with Crippen molar-refractivity contribution in [3.8, 4) is 0 Å². The number of benzene rings is 1. The van der Waals surface area contributed by atoms with Crippen LogP contribution in [0.1, 0.15) is 25.5 Å². The maximum atomic E-state index is 11.5. The molecule has 1 heterocycles. The van der Waals surface area contributed by atoms with Crippen molar-refractivity contribution in [2.45, 2.75) is 26.0 Å². The second-order valence-corrected chi connectivity index (χ2v) is 5.48. The van der Waals surface area contributed by atoms with Crippen LogP contribution < -0.4 is 10.6 Å². The maximum Gasteiger partial charge on any atom is 0.412 e. The third-order valence-corrected chi connectivity index (χ3v) is 3.58. The molecule has 3 N–H and O–H groups in total. The Kier molecular flexibility index (Phi) is 6.45. The zero-order valence-corrected chi connectivity index (χ0v) is 14.4. The lowest BCUT2D eigenvalue weighted by molar-refractivity contribution is -0.384. The van der Waals surface area contributed by atoms with Crippen LogP contribution in [0.3, 0.4) is 0 Å². The van der Waals surface area contributed by atoms with E-state index < -0.39 is 23.2 Å². The highest BCUT2D eigenvalue weighted by Crippen LogP contribution is 2.29. The molecule has 138 valence electrons. The SMILES string of the molecule is CCOC(=O)Nc1cc(N[C@@H](C)[C@H](O)c2ccccc2)c([N+](=O)[O-])cn1. The van der Waals surface area contributed by atoms with E-state index in [1.807, 2.05) is 6.07 Å². The number of rotatable bonds is 7. The number of nitrogens with one attached hydrogen (secondary N) is 2. The second kappa shape index (κ2) is 8.77. The first-order valence-corrected chi connectivity index (χ1v) is 8.00. The summed E-state index contributed by atoms with van der Waals surface area (Å²) < 4.78 is 4.76. The van der Waals surface area contributed by atoms with Crippen molar-refractivity contribution < 1.29 is 19.6 Å². The summed E-state index contributed by atoms with van der Waals surface area (Å²) in [5.74, 6) is 0.0953. The van der Waals surface area contributed by atoms with Gasteiger partial charge < -0.3 is 15.2 Å². The summed E-state index contributed by atoms with van der Waals surface area (Å²) in [6, 6.07) is 9.73. The zero-order chi connectivity index (χ0) is 19.1. The number of aromatic nitrogens is 1.